The Labute approximate surface area is 144 Å². The Morgan fingerprint density at radius 1 is 1.08 bits per heavy atom. The van der Waals surface area contributed by atoms with Gasteiger partial charge in [-0.25, -0.2) is 0 Å². The second kappa shape index (κ2) is 7.75. The topological polar surface area (TPSA) is 68.0 Å². The summed E-state index contributed by atoms with van der Waals surface area (Å²) < 4.78 is 5.20. The molecule has 122 valence electrons. The first-order valence-electron chi connectivity index (χ1n) is 7.60. The van der Waals surface area contributed by atoms with Crippen LogP contribution in [0.2, 0.25) is 5.02 Å². The fourth-order valence-corrected chi connectivity index (χ4v) is 2.35. The minimum atomic E-state index is -0.0290. The SMILES string of the molecule is O=C(Cc1ccccc1)NCCc1nc(-c2ccc(Cl)cc2)no1. The van der Waals surface area contributed by atoms with Gasteiger partial charge in [0.25, 0.3) is 0 Å². The number of hydrogen-bond donors (Lipinski definition) is 1. The van der Waals surface area contributed by atoms with Gasteiger partial charge in [-0.1, -0.05) is 47.1 Å². The number of rotatable bonds is 6. The van der Waals surface area contributed by atoms with Crippen LogP contribution in [-0.2, 0) is 17.6 Å². The van der Waals surface area contributed by atoms with E-state index in [0.29, 0.717) is 36.1 Å². The van der Waals surface area contributed by atoms with Crippen LogP contribution in [0.15, 0.2) is 59.1 Å². The molecule has 1 amide bonds. The summed E-state index contributed by atoms with van der Waals surface area (Å²) in [5.74, 6) is 0.968. The summed E-state index contributed by atoms with van der Waals surface area (Å²) in [5, 5.41) is 7.45. The van der Waals surface area contributed by atoms with Crippen molar-refractivity contribution in [3.05, 3.63) is 71.1 Å². The Hall–Kier alpha value is -2.66. The minimum absolute atomic E-state index is 0.0290. The molecule has 0 saturated carbocycles. The molecule has 24 heavy (non-hydrogen) atoms. The Morgan fingerprint density at radius 2 is 1.83 bits per heavy atom. The van der Waals surface area contributed by atoms with Crippen molar-refractivity contribution in [3.8, 4) is 11.4 Å². The smallest absolute Gasteiger partial charge is 0.228 e. The number of nitrogens with one attached hydrogen (secondary N) is 1. The Bertz CT molecular complexity index is 801. The lowest BCUT2D eigenvalue weighted by molar-refractivity contribution is -0.120. The highest BCUT2D eigenvalue weighted by atomic mass is 35.5. The number of carbonyl (C=O) groups excluding carboxylic acids is 1. The maximum atomic E-state index is 11.9. The van der Waals surface area contributed by atoms with Gasteiger partial charge in [-0.15, -0.1) is 0 Å². The molecule has 0 aliphatic carbocycles. The molecule has 1 aromatic heterocycles. The highest BCUT2D eigenvalue weighted by Gasteiger charge is 2.09. The van der Waals surface area contributed by atoms with Crippen LogP contribution >= 0.6 is 11.6 Å². The second-order valence-electron chi connectivity index (χ2n) is 5.28. The minimum Gasteiger partial charge on any atom is -0.355 e. The average Bonchev–Trinajstić information content (AvgIpc) is 3.05. The maximum Gasteiger partial charge on any atom is 0.228 e. The fourth-order valence-electron chi connectivity index (χ4n) is 2.23. The molecular weight excluding hydrogens is 326 g/mol. The molecule has 0 aliphatic rings. The van der Waals surface area contributed by atoms with Gasteiger partial charge in [0.2, 0.25) is 17.6 Å². The molecule has 6 heteroatoms. The molecule has 0 unspecified atom stereocenters. The molecule has 0 atom stereocenters. The van der Waals surface area contributed by atoms with Gasteiger partial charge in [-0.3, -0.25) is 4.79 Å². The number of amides is 1. The zero-order chi connectivity index (χ0) is 16.8. The van der Waals surface area contributed by atoms with E-state index in [0.717, 1.165) is 11.1 Å². The number of halogens is 1. The van der Waals surface area contributed by atoms with E-state index in [2.05, 4.69) is 15.5 Å². The fraction of sp³-hybridized carbons (Fsp3) is 0.167. The third kappa shape index (κ3) is 4.43. The normalized spacial score (nSPS) is 10.5. The van der Waals surface area contributed by atoms with Crippen molar-refractivity contribution in [2.24, 2.45) is 0 Å². The van der Waals surface area contributed by atoms with E-state index in [-0.39, 0.29) is 5.91 Å². The third-order valence-corrected chi connectivity index (χ3v) is 3.69. The van der Waals surface area contributed by atoms with Gasteiger partial charge in [-0.05, 0) is 29.8 Å². The van der Waals surface area contributed by atoms with Gasteiger partial charge >= 0.3 is 0 Å². The molecule has 1 N–H and O–H groups in total. The van der Waals surface area contributed by atoms with Crippen LogP contribution in [0.1, 0.15) is 11.5 Å². The molecule has 0 aliphatic heterocycles. The van der Waals surface area contributed by atoms with Crippen molar-refractivity contribution < 1.29 is 9.32 Å². The predicted octanol–water partition coefficient (Wildman–Crippen LogP) is 3.29. The van der Waals surface area contributed by atoms with Crippen molar-refractivity contribution in [3.63, 3.8) is 0 Å². The first-order chi connectivity index (χ1) is 11.7. The molecule has 2 aromatic carbocycles. The first-order valence-corrected chi connectivity index (χ1v) is 7.97. The Kier molecular flexibility index (Phi) is 5.23. The molecular formula is C18H16ClN3O2. The first kappa shape index (κ1) is 16.2. The van der Waals surface area contributed by atoms with Gasteiger partial charge < -0.3 is 9.84 Å². The van der Waals surface area contributed by atoms with E-state index < -0.39 is 0 Å². The molecule has 3 aromatic rings. The molecule has 0 saturated heterocycles. The lowest BCUT2D eigenvalue weighted by atomic mass is 10.1. The highest BCUT2D eigenvalue weighted by Crippen LogP contribution is 2.18. The van der Waals surface area contributed by atoms with Crippen molar-refractivity contribution in [1.29, 1.82) is 0 Å². The summed E-state index contributed by atoms with van der Waals surface area (Å²) in [6, 6.07) is 16.8. The number of benzene rings is 2. The third-order valence-electron chi connectivity index (χ3n) is 3.44. The van der Waals surface area contributed by atoms with E-state index in [4.69, 9.17) is 16.1 Å². The van der Waals surface area contributed by atoms with Gasteiger partial charge in [0.15, 0.2) is 0 Å². The largest absolute Gasteiger partial charge is 0.355 e. The number of hydrogen-bond acceptors (Lipinski definition) is 4. The molecule has 0 radical (unpaired) electrons. The molecule has 5 nitrogen and oxygen atoms in total. The Balaban J connectivity index is 1.49. The molecule has 0 spiro atoms. The summed E-state index contributed by atoms with van der Waals surface area (Å²) in [7, 11) is 0. The summed E-state index contributed by atoms with van der Waals surface area (Å²) in [4.78, 5) is 16.2. The van der Waals surface area contributed by atoms with Crippen molar-refractivity contribution >= 4 is 17.5 Å². The van der Waals surface area contributed by atoms with E-state index >= 15 is 0 Å². The molecule has 1 heterocycles. The molecule has 3 rings (SSSR count). The summed E-state index contributed by atoms with van der Waals surface area (Å²) in [6.45, 7) is 0.452. The zero-order valence-corrected chi connectivity index (χ0v) is 13.7. The lowest BCUT2D eigenvalue weighted by Crippen LogP contribution is -2.27. The predicted molar refractivity (Wildman–Crippen MR) is 91.6 cm³/mol. The summed E-state index contributed by atoms with van der Waals surface area (Å²) in [6.07, 6.45) is 0.849. The van der Waals surface area contributed by atoms with Crippen LogP contribution in [-0.4, -0.2) is 22.6 Å². The monoisotopic (exact) mass is 341 g/mol. The number of carbonyl (C=O) groups is 1. The van der Waals surface area contributed by atoms with Gasteiger partial charge in [-0.2, -0.15) is 4.98 Å². The number of aromatic nitrogens is 2. The van der Waals surface area contributed by atoms with Crippen LogP contribution in [0, 0.1) is 0 Å². The summed E-state index contributed by atoms with van der Waals surface area (Å²) in [5.41, 5.74) is 1.82. The quantitative estimate of drug-likeness (QED) is 0.747. The van der Waals surface area contributed by atoms with Crippen molar-refractivity contribution in [2.75, 3.05) is 6.54 Å². The van der Waals surface area contributed by atoms with E-state index in [1.807, 2.05) is 42.5 Å². The maximum absolute atomic E-state index is 11.9. The van der Waals surface area contributed by atoms with Crippen LogP contribution in [0.25, 0.3) is 11.4 Å². The van der Waals surface area contributed by atoms with Crippen LogP contribution in [0.5, 0.6) is 0 Å². The second-order valence-corrected chi connectivity index (χ2v) is 5.72. The van der Waals surface area contributed by atoms with E-state index in [1.54, 1.807) is 12.1 Å². The van der Waals surface area contributed by atoms with Crippen molar-refractivity contribution in [1.82, 2.24) is 15.5 Å². The van der Waals surface area contributed by atoms with Gasteiger partial charge in [0.1, 0.15) is 0 Å². The lowest BCUT2D eigenvalue weighted by Gasteiger charge is -2.03. The van der Waals surface area contributed by atoms with Crippen molar-refractivity contribution in [2.45, 2.75) is 12.8 Å². The van der Waals surface area contributed by atoms with Crippen LogP contribution in [0.3, 0.4) is 0 Å². The van der Waals surface area contributed by atoms with Crippen LogP contribution in [0.4, 0.5) is 0 Å². The van der Waals surface area contributed by atoms with Crippen LogP contribution < -0.4 is 5.32 Å². The average molecular weight is 342 g/mol. The number of nitrogens with zero attached hydrogens (tertiary/aromatic N) is 2. The molecule has 0 fully saturated rings. The molecule has 0 bridgehead atoms. The van der Waals surface area contributed by atoms with E-state index in [9.17, 15) is 4.79 Å². The Morgan fingerprint density at radius 3 is 2.58 bits per heavy atom. The summed E-state index contributed by atoms with van der Waals surface area (Å²) >= 11 is 5.86. The van der Waals surface area contributed by atoms with Gasteiger partial charge in [0, 0.05) is 23.6 Å². The van der Waals surface area contributed by atoms with Gasteiger partial charge in [0.05, 0.1) is 6.42 Å². The van der Waals surface area contributed by atoms with E-state index in [1.165, 1.54) is 0 Å². The zero-order valence-electron chi connectivity index (χ0n) is 12.9. The standard InChI is InChI=1S/C18H16ClN3O2/c19-15-8-6-14(7-9-15)18-21-17(24-22-18)10-11-20-16(23)12-13-4-2-1-3-5-13/h1-9H,10-12H2,(H,20,23). The highest BCUT2D eigenvalue weighted by molar-refractivity contribution is 6.30.